The van der Waals surface area contributed by atoms with Crippen LogP contribution in [0.3, 0.4) is 0 Å². The number of nitrogens with zero attached hydrogens (tertiary/aromatic N) is 3. The summed E-state index contributed by atoms with van der Waals surface area (Å²) < 4.78 is 1.88. The smallest absolute Gasteiger partial charge is 0.201 e. The molecule has 55 valence electrons. The summed E-state index contributed by atoms with van der Waals surface area (Å²) in [5, 5.41) is 7.25. The highest BCUT2D eigenvalue weighted by Gasteiger charge is 1.89. The molecule has 0 N–H and O–H groups in total. The minimum Gasteiger partial charge on any atom is -0.311 e. The van der Waals surface area contributed by atoms with Crippen molar-refractivity contribution in [3.05, 3.63) is 12.7 Å². The van der Waals surface area contributed by atoms with Crippen LogP contribution in [-0.2, 0) is 6.54 Å². The van der Waals surface area contributed by atoms with Crippen molar-refractivity contribution in [2.24, 2.45) is 0 Å². The summed E-state index contributed by atoms with van der Waals surface area (Å²) in [5.74, 6) is 0. The summed E-state index contributed by atoms with van der Waals surface area (Å²) in [4.78, 5) is 0. The van der Waals surface area contributed by atoms with E-state index < -0.39 is 0 Å². The summed E-state index contributed by atoms with van der Waals surface area (Å²) >= 11 is 0. The first-order valence-electron chi connectivity index (χ1n) is 3.69. The number of aromatic nitrogens is 3. The lowest BCUT2D eigenvalue weighted by Gasteiger charge is -1.96. The molecule has 0 aliphatic carbocycles. The summed E-state index contributed by atoms with van der Waals surface area (Å²) in [6.45, 7) is 3.19. The Balaban J connectivity index is 2.15. The highest BCUT2D eigenvalue weighted by molar-refractivity contribution is 4.57. The molecule has 1 heterocycles. The second-order valence-corrected chi connectivity index (χ2v) is 2.33. The lowest BCUT2D eigenvalue weighted by Crippen LogP contribution is -1.93. The normalized spacial score (nSPS) is 10.1. The van der Waals surface area contributed by atoms with Crippen molar-refractivity contribution in [1.29, 1.82) is 0 Å². The summed E-state index contributed by atoms with van der Waals surface area (Å²) in [5.41, 5.74) is 0. The van der Waals surface area contributed by atoms with Gasteiger partial charge in [0.05, 0.1) is 0 Å². The van der Waals surface area contributed by atoms with E-state index in [1.807, 2.05) is 4.57 Å². The Bertz CT molecular complexity index is 157. The molecule has 0 fully saturated rings. The Labute approximate surface area is 61.1 Å². The molecule has 1 rings (SSSR count). The Hall–Kier alpha value is -0.860. The highest BCUT2D eigenvalue weighted by Crippen LogP contribution is 1.95. The first-order valence-corrected chi connectivity index (χ1v) is 3.69. The molecule has 0 aliphatic rings. The molecule has 0 aliphatic heterocycles. The predicted octanol–water partition coefficient (Wildman–Crippen LogP) is 1.27. The fourth-order valence-electron chi connectivity index (χ4n) is 0.837. The number of hydrogen-bond donors (Lipinski definition) is 0. The van der Waals surface area contributed by atoms with E-state index in [9.17, 15) is 0 Å². The van der Waals surface area contributed by atoms with Gasteiger partial charge in [-0.25, -0.2) is 0 Å². The zero-order valence-corrected chi connectivity index (χ0v) is 6.25. The molecule has 0 spiro atoms. The maximum atomic E-state index is 3.66. The van der Waals surface area contributed by atoms with E-state index in [1.54, 1.807) is 6.33 Å². The van der Waals surface area contributed by atoms with Crippen LogP contribution in [0.25, 0.3) is 0 Å². The summed E-state index contributed by atoms with van der Waals surface area (Å²) in [6, 6.07) is 0. The van der Waals surface area contributed by atoms with Gasteiger partial charge in [0.25, 0.3) is 0 Å². The lowest BCUT2D eigenvalue weighted by atomic mass is 10.2. The molecule has 0 amide bonds. The van der Waals surface area contributed by atoms with Crippen molar-refractivity contribution in [2.45, 2.75) is 32.7 Å². The van der Waals surface area contributed by atoms with Crippen LogP contribution in [-0.4, -0.2) is 14.8 Å². The van der Waals surface area contributed by atoms with Crippen LogP contribution >= 0.6 is 0 Å². The molecule has 0 saturated heterocycles. The standard InChI is InChI=1S/C7H12N3/c1-2-3-4-5-10-6-8-9-7-10/h6H,2-5H2,1H3. The van der Waals surface area contributed by atoms with E-state index >= 15 is 0 Å². The van der Waals surface area contributed by atoms with Gasteiger partial charge < -0.3 is 4.57 Å². The number of hydrogen-bond acceptors (Lipinski definition) is 2. The van der Waals surface area contributed by atoms with E-state index in [4.69, 9.17) is 0 Å². The van der Waals surface area contributed by atoms with Crippen LogP contribution in [0.4, 0.5) is 0 Å². The van der Waals surface area contributed by atoms with Crippen LogP contribution in [0.15, 0.2) is 6.33 Å². The van der Waals surface area contributed by atoms with Crippen LogP contribution in [0.2, 0.25) is 0 Å². The van der Waals surface area contributed by atoms with Crippen molar-refractivity contribution in [1.82, 2.24) is 14.8 Å². The second-order valence-electron chi connectivity index (χ2n) is 2.33. The Morgan fingerprint density at radius 3 is 3.00 bits per heavy atom. The molecular formula is C7H12N3. The van der Waals surface area contributed by atoms with Crippen molar-refractivity contribution in [3.63, 3.8) is 0 Å². The first kappa shape index (κ1) is 7.25. The van der Waals surface area contributed by atoms with E-state index in [1.165, 1.54) is 19.3 Å². The molecule has 0 saturated carbocycles. The summed E-state index contributed by atoms with van der Waals surface area (Å²) in [6.07, 6.45) is 8.18. The van der Waals surface area contributed by atoms with Gasteiger partial charge >= 0.3 is 0 Å². The van der Waals surface area contributed by atoms with Gasteiger partial charge in [-0.2, -0.15) is 0 Å². The molecule has 10 heavy (non-hydrogen) atoms. The average Bonchev–Trinajstić information content (AvgIpc) is 2.41. The van der Waals surface area contributed by atoms with Crippen molar-refractivity contribution in [3.8, 4) is 0 Å². The zero-order chi connectivity index (χ0) is 7.23. The number of aryl methyl sites for hydroxylation is 1. The third-order valence-corrected chi connectivity index (χ3v) is 1.42. The SMILES string of the molecule is CCCCCn1[c]nnc1. The third-order valence-electron chi connectivity index (χ3n) is 1.42. The van der Waals surface area contributed by atoms with Crippen LogP contribution < -0.4 is 0 Å². The number of unbranched alkanes of at least 4 members (excludes halogenated alkanes) is 2. The van der Waals surface area contributed by atoms with E-state index in [0.29, 0.717) is 0 Å². The fourth-order valence-corrected chi connectivity index (χ4v) is 0.837. The average molecular weight is 138 g/mol. The molecule has 3 nitrogen and oxygen atoms in total. The number of rotatable bonds is 4. The van der Waals surface area contributed by atoms with Gasteiger partial charge in [-0.15, -0.1) is 10.2 Å². The topological polar surface area (TPSA) is 30.7 Å². The molecule has 0 aromatic carbocycles. The van der Waals surface area contributed by atoms with Gasteiger partial charge in [0, 0.05) is 6.54 Å². The van der Waals surface area contributed by atoms with Crippen LogP contribution in [0, 0.1) is 6.33 Å². The Kier molecular flexibility index (Phi) is 2.93. The fraction of sp³-hybridized carbons (Fsp3) is 0.714. The maximum Gasteiger partial charge on any atom is 0.201 e. The third kappa shape index (κ3) is 2.17. The molecule has 0 unspecified atom stereocenters. The minimum absolute atomic E-state index is 1.00. The molecule has 1 radical (unpaired) electrons. The van der Waals surface area contributed by atoms with Gasteiger partial charge in [0.15, 0.2) is 0 Å². The van der Waals surface area contributed by atoms with Gasteiger partial charge in [-0.1, -0.05) is 19.8 Å². The van der Waals surface area contributed by atoms with Crippen molar-refractivity contribution < 1.29 is 0 Å². The molecule has 0 atom stereocenters. The Morgan fingerprint density at radius 2 is 2.40 bits per heavy atom. The first-order chi connectivity index (χ1) is 4.93. The van der Waals surface area contributed by atoms with E-state index in [-0.39, 0.29) is 0 Å². The lowest BCUT2D eigenvalue weighted by molar-refractivity contribution is 0.598. The van der Waals surface area contributed by atoms with Crippen molar-refractivity contribution in [2.75, 3.05) is 0 Å². The van der Waals surface area contributed by atoms with Crippen molar-refractivity contribution >= 4 is 0 Å². The van der Waals surface area contributed by atoms with Gasteiger partial charge in [-0.05, 0) is 6.42 Å². The zero-order valence-electron chi connectivity index (χ0n) is 6.25. The van der Waals surface area contributed by atoms with Crippen LogP contribution in [0.1, 0.15) is 26.2 Å². The highest BCUT2D eigenvalue weighted by atomic mass is 15.2. The molecular weight excluding hydrogens is 126 g/mol. The van der Waals surface area contributed by atoms with E-state index in [2.05, 4.69) is 23.4 Å². The summed E-state index contributed by atoms with van der Waals surface area (Å²) in [7, 11) is 0. The molecule has 0 bridgehead atoms. The monoisotopic (exact) mass is 138 g/mol. The largest absolute Gasteiger partial charge is 0.311 e. The van der Waals surface area contributed by atoms with E-state index in [0.717, 1.165) is 6.54 Å². The molecule has 3 heteroatoms. The predicted molar refractivity (Wildman–Crippen MR) is 38.4 cm³/mol. The van der Waals surface area contributed by atoms with Crippen LogP contribution in [0.5, 0.6) is 0 Å². The molecule has 1 aromatic rings. The van der Waals surface area contributed by atoms with Gasteiger partial charge in [0.1, 0.15) is 6.33 Å². The maximum absolute atomic E-state index is 3.66. The second kappa shape index (κ2) is 4.04. The Morgan fingerprint density at radius 1 is 1.50 bits per heavy atom. The molecule has 1 aromatic heterocycles. The van der Waals surface area contributed by atoms with Gasteiger partial charge in [-0.3, -0.25) is 0 Å². The quantitative estimate of drug-likeness (QED) is 0.586. The minimum atomic E-state index is 1.00. The van der Waals surface area contributed by atoms with Gasteiger partial charge in [0.2, 0.25) is 6.33 Å².